The number of nitrogens with two attached hydrogens (primary N) is 1. The minimum atomic E-state index is -0.0464. The first kappa shape index (κ1) is 13.9. The van der Waals surface area contributed by atoms with Crippen molar-refractivity contribution in [2.24, 2.45) is 0 Å². The molecule has 0 fully saturated rings. The summed E-state index contributed by atoms with van der Waals surface area (Å²) < 4.78 is 0.725. The number of hydrogen-bond donors (Lipinski definition) is 2. The van der Waals surface area contributed by atoms with E-state index in [-0.39, 0.29) is 18.4 Å². The van der Waals surface area contributed by atoms with Crippen LogP contribution in [0.1, 0.15) is 23.4 Å². The summed E-state index contributed by atoms with van der Waals surface area (Å²) in [5.41, 5.74) is 7.31. The van der Waals surface area contributed by atoms with Gasteiger partial charge in [0.15, 0.2) is 0 Å². The van der Waals surface area contributed by atoms with E-state index in [9.17, 15) is 4.79 Å². The summed E-state index contributed by atoms with van der Waals surface area (Å²) in [4.78, 5) is 13.0. The molecule has 1 heterocycles. The average Bonchev–Trinajstić information content (AvgIpc) is 2.79. The molecule has 1 atom stereocenters. The van der Waals surface area contributed by atoms with Gasteiger partial charge in [-0.15, -0.1) is 11.3 Å². The van der Waals surface area contributed by atoms with Crippen LogP contribution in [0, 0.1) is 0 Å². The number of benzene rings is 1. The van der Waals surface area contributed by atoms with Gasteiger partial charge in [0.25, 0.3) is 0 Å². The Bertz CT molecular complexity index is 582. The van der Waals surface area contributed by atoms with Crippen molar-refractivity contribution in [3.8, 4) is 0 Å². The van der Waals surface area contributed by atoms with E-state index in [1.54, 1.807) is 6.07 Å². The second-order valence-electron chi connectivity index (χ2n) is 4.31. The van der Waals surface area contributed by atoms with Gasteiger partial charge < -0.3 is 11.1 Å². The SMILES string of the molecule is CC(NC(=O)Cc1ccccc1N)c1ccc(Cl)s1. The van der Waals surface area contributed by atoms with Gasteiger partial charge in [-0.25, -0.2) is 0 Å². The number of hydrogen-bond acceptors (Lipinski definition) is 3. The predicted octanol–water partition coefficient (Wildman–Crippen LogP) is 3.40. The van der Waals surface area contributed by atoms with Gasteiger partial charge in [-0.3, -0.25) is 4.79 Å². The Morgan fingerprint density at radius 1 is 1.37 bits per heavy atom. The van der Waals surface area contributed by atoms with Crippen molar-refractivity contribution in [2.45, 2.75) is 19.4 Å². The fourth-order valence-electron chi connectivity index (χ4n) is 1.79. The third-order valence-corrected chi connectivity index (χ3v) is 4.22. The molecule has 0 aliphatic carbocycles. The van der Waals surface area contributed by atoms with E-state index in [4.69, 9.17) is 17.3 Å². The Morgan fingerprint density at radius 3 is 2.74 bits per heavy atom. The summed E-state index contributed by atoms with van der Waals surface area (Å²) in [5, 5.41) is 2.94. The molecule has 0 aliphatic rings. The van der Waals surface area contributed by atoms with Gasteiger partial charge in [0, 0.05) is 10.6 Å². The molecule has 0 aliphatic heterocycles. The van der Waals surface area contributed by atoms with Crippen LogP contribution in [-0.2, 0) is 11.2 Å². The van der Waals surface area contributed by atoms with Crippen molar-refractivity contribution >= 4 is 34.5 Å². The Kier molecular flexibility index (Phi) is 4.45. The van der Waals surface area contributed by atoms with Crippen molar-refractivity contribution in [3.05, 3.63) is 51.2 Å². The Labute approximate surface area is 121 Å². The second kappa shape index (κ2) is 6.08. The molecule has 1 aromatic heterocycles. The average molecular weight is 295 g/mol. The van der Waals surface area contributed by atoms with Crippen LogP contribution < -0.4 is 11.1 Å². The molecule has 2 rings (SSSR count). The molecule has 3 nitrogen and oxygen atoms in total. The summed E-state index contributed by atoms with van der Waals surface area (Å²) in [7, 11) is 0. The summed E-state index contributed by atoms with van der Waals surface area (Å²) >= 11 is 7.35. The molecule has 1 aromatic carbocycles. The van der Waals surface area contributed by atoms with Crippen LogP contribution in [0.25, 0.3) is 0 Å². The van der Waals surface area contributed by atoms with Gasteiger partial charge in [-0.2, -0.15) is 0 Å². The highest BCUT2D eigenvalue weighted by atomic mass is 35.5. The molecule has 0 bridgehead atoms. The number of rotatable bonds is 4. The monoisotopic (exact) mass is 294 g/mol. The number of amides is 1. The first-order valence-corrected chi connectivity index (χ1v) is 7.13. The van der Waals surface area contributed by atoms with Crippen LogP contribution in [0.4, 0.5) is 5.69 Å². The lowest BCUT2D eigenvalue weighted by Crippen LogP contribution is -2.27. The van der Waals surface area contributed by atoms with Crippen molar-refractivity contribution in [1.82, 2.24) is 5.32 Å². The first-order chi connectivity index (χ1) is 9.06. The second-order valence-corrected chi connectivity index (χ2v) is 6.05. The molecule has 1 amide bonds. The zero-order valence-electron chi connectivity index (χ0n) is 10.5. The number of carbonyl (C=O) groups is 1. The molecular formula is C14H15ClN2OS. The lowest BCUT2D eigenvalue weighted by atomic mass is 10.1. The number of anilines is 1. The molecule has 0 saturated carbocycles. The summed E-state index contributed by atoms with van der Waals surface area (Å²) in [6.07, 6.45) is 0.288. The molecule has 19 heavy (non-hydrogen) atoms. The van der Waals surface area contributed by atoms with Gasteiger partial charge in [0.1, 0.15) is 0 Å². The van der Waals surface area contributed by atoms with Crippen LogP contribution in [-0.4, -0.2) is 5.91 Å². The maximum absolute atomic E-state index is 12.0. The van der Waals surface area contributed by atoms with E-state index in [2.05, 4.69) is 5.32 Å². The van der Waals surface area contributed by atoms with Crippen LogP contribution in [0.3, 0.4) is 0 Å². The molecule has 5 heteroatoms. The molecular weight excluding hydrogens is 280 g/mol. The molecule has 100 valence electrons. The van der Waals surface area contributed by atoms with E-state index < -0.39 is 0 Å². The fraction of sp³-hybridized carbons (Fsp3) is 0.214. The fourth-order valence-corrected chi connectivity index (χ4v) is 2.86. The van der Waals surface area contributed by atoms with Gasteiger partial charge in [0.05, 0.1) is 16.8 Å². The standard InChI is InChI=1S/C14H15ClN2OS/c1-9(12-6-7-13(15)19-12)17-14(18)8-10-4-2-3-5-11(10)16/h2-7,9H,8,16H2,1H3,(H,17,18). The first-order valence-electron chi connectivity index (χ1n) is 5.94. The Hall–Kier alpha value is -1.52. The van der Waals surface area contributed by atoms with Gasteiger partial charge in [-0.05, 0) is 30.7 Å². The van der Waals surface area contributed by atoms with Gasteiger partial charge >= 0.3 is 0 Å². The van der Waals surface area contributed by atoms with Gasteiger partial charge in [-0.1, -0.05) is 29.8 Å². The highest BCUT2D eigenvalue weighted by Crippen LogP contribution is 2.26. The number of carbonyl (C=O) groups excluding carboxylic acids is 1. The third kappa shape index (κ3) is 3.72. The number of nitrogens with one attached hydrogen (secondary N) is 1. The maximum Gasteiger partial charge on any atom is 0.224 e. The van der Waals surface area contributed by atoms with E-state index in [1.165, 1.54) is 11.3 Å². The minimum absolute atomic E-state index is 0.0464. The highest BCUT2D eigenvalue weighted by molar-refractivity contribution is 7.16. The summed E-state index contributed by atoms with van der Waals surface area (Å²) in [6.45, 7) is 1.94. The Morgan fingerprint density at radius 2 is 2.11 bits per heavy atom. The van der Waals surface area contributed by atoms with Crippen LogP contribution in [0.5, 0.6) is 0 Å². The van der Waals surface area contributed by atoms with Crippen LogP contribution >= 0.6 is 22.9 Å². The molecule has 3 N–H and O–H groups in total. The van der Waals surface area contributed by atoms with Crippen LogP contribution in [0.2, 0.25) is 4.34 Å². The lowest BCUT2D eigenvalue weighted by Gasteiger charge is -2.12. The largest absolute Gasteiger partial charge is 0.398 e. The van der Waals surface area contributed by atoms with E-state index in [0.29, 0.717) is 5.69 Å². The number of nitrogen functional groups attached to an aromatic ring is 1. The van der Waals surface area contributed by atoms with Gasteiger partial charge in [0.2, 0.25) is 5.91 Å². The normalized spacial score (nSPS) is 12.1. The predicted molar refractivity (Wildman–Crippen MR) is 80.4 cm³/mol. The van der Waals surface area contributed by atoms with Crippen LogP contribution in [0.15, 0.2) is 36.4 Å². The zero-order chi connectivity index (χ0) is 13.8. The number of thiophene rings is 1. The summed E-state index contributed by atoms with van der Waals surface area (Å²) in [6, 6.07) is 11.1. The van der Waals surface area contributed by atoms with E-state index in [0.717, 1.165) is 14.8 Å². The molecule has 0 spiro atoms. The van der Waals surface area contributed by atoms with Crippen molar-refractivity contribution in [1.29, 1.82) is 0 Å². The number of halogens is 1. The third-order valence-electron chi connectivity index (χ3n) is 2.80. The number of para-hydroxylation sites is 1. The van der Waals surface area contributed by atoms with Crippen molar-refractivity contribution in [2.75, 3.05) is 5.73 Å². The highest BCUT2D eigenvalue weighted by Gasteiger charge is 2.12. The van der Waals surface area contributed by atoms with Crippen molar-refractivity contribution < 1.29 is 4.79 Å². The smallest absolute Gasteiger partial charge is 0.224 e. The molecule has 0 saturated heterocycles. The Balaban J connectivity index is 1.96. The van der Waals surface area contributed by atoms with Crippen molar-refractivity contribution in [3.63, 3.8) is 0 Å². The zero-order valence-corrected chi connectivity index (χ0v) is 12.1. The quantitative estimate of drug-likeness (QED) is 0.849. The van der Waals surface area contributed by atoms with E-state index in [1.807, 2.05) is 37.3 Å². The minimum Gasteiger partial charge on any atom is -0.398 e. The molecule has 1 unspecified atom stereocenters. The molecule has 2 aromatic rings. The summed E-state index contributed by atoms with van der Waals surface area (Å²) in [5.74, 6) is -0.0464. The topological polar surface area (TPSA) is 55.1 Å². The maximum atomic E-state index is 12.0. The molecule has 0 radical (unpaired) electrons. The van der Waals surface area contributed by atoms with E-state index >= 15 is 0 Å². The lowest BCUT2D eigenvalue weighted by molar-refractivity contribution is -0.121.